The van der Waals surface area contributed by atoms with Gasteiger partial charge >= 0.3 is 0 Å². The van der Waals surface area contributed by atoms with Crippen molar-refractivity contribution in [3.05, 3.63) is 18.1 Å². The van der Waals surface area contributed by atoms with Crippen LogP contribution in [0.4, 0.5) is 5.82 Å². The SMILES string of the molecule is CN(c1nccnc1C(N)=NO)C1CCCCC1O. The highest BCUT2D eigenvalue weighted by atomic mass is 16.4. The Hall–Kier alpha value is -1.89. The largest absolute Gasteiger partial charge is 0.409 e. The summed E-state index contributed by atoms with van der Waals surface area (Å²) in [5.74, 6) is 0.434. The van der Waals surface area contributed by atoms with Gasteiger partial charge in [-0.3, -0.25) is 0 Å². The highest BCUT2D eigenvalue weighted by Gasteiger charge is 2.29. The Morgan fingerprint density at radius 1 is 1.37 bits per heavy atom. The molecule has 7 heteroatoms. The van der Waals surface area contributed by atoms with Crippen LogP contribution in [0.1, 0.15) is 31.4 Å². The molecule has 1 fully saturated rings. The fourth-order valence-corrected chi connectivity index (χ4v) is 2.52. The molecule has 1 aromatic heterocycles. The van der Waals surface area contributed by atoms with Crippen LogP contribution in [0.2, 0.25) is 0 Å². The maximum absolute atomic E-state index is 10.1. The number of anilines is 1. The van der Waals surface area contributed by atoms with E-state index in [2.05, 4.69) is 15.1 Å². The Bertz CT molecular complexity index is 465. The van der Waals surface area contributed by atoms with Gasteiger partial charge in [0, 0.05) is 19.4 Å². The number of hydrogen-bond donors (Lipinski definition) is 3. The Balaban J connectivity index is 2.30. The van der Waals surface area contributed by atoms with Gasteiger partial charge in [0.2, 0.25) is 0 Å². The first-order chi connectivity index (χ1) is 9.15. The fourth-order valence-electron chi connectivity index (χ4n) is 2.52. The smallest absolute Gasteiger partial charge is 0.192 e. The number of aromatic nitrogens is 2. The summed E-state index contributed by atoms with van der Waals surface area (Å²) in [6, 6.07) is -0.0179. The third kappa shape index (κ3) is 2.76. The first kappa shape index (κ1) is 13.5. The zero-order chi connectivity index (χ0) is 13.8. The number of rotatable bonds is 3. The number of hydrogen-bond acceptors (Lipinski definition) is 6. The molecule has 1 heterocycles. The highest BCUT2D eigenvalue weighted by molar-refractivity contribution is 5.99. The predicted octanol–water partition coefficient (Wildman–Crippen LogP) is 0.311. The summed E-state index contributed by atoms with van der Waals surface area (Å²) >= 11 is 0. The molecule has 0 aromatic carbocycles. The van der Waals surface area contributed by atoms with Gasteiger partial charge in [0.1, 0.15) is 0 Å². The van der Waals surface area contributed by atoms with E-state index in [1.807, 2.05) is 11.9 Å². The zero-order valence-electron chi connectivity index (χ0n) is 10.9. The molecule has 2 atom stereocenters. The average molecular weight is 265 g/mol. The lowest BCUT2D eigenvalue weighted by molar-refractivity contribution is 0.106. The van der Waals surface area contributed by atoms with E-state index in [-0.39, 0.29) is 18.0 Å². The molecule has 104 valence electrons. The average Bonchev–Trinajstić information content (AvgIpc) is 2.46. The van der Waals surface area contributed by atoms with Gasteiger partial charge in [-0.1, -0.05) is 18.0 Å². The van der Waals surface area contributed by atoms with Crippen molar-refractivity contribution in [1.29, 1.82) is 0 Å². The van der Waals surface area contributed by atoms with Gasteiger partial charge in [0.25, 0.3) is 0 Å². The zero-order valence-corrected chi connectivity index (χ0v) is 10.9. The van der Waals surface area contributed by atoms with E-state index in [4.69, 9.17) is 10.9 Å². The second-order valence-corrected chi connectivity index (χ2v) is 4.74. The van der Waals surface area contributed by atoms with Gasteiger partial charge in [-0.25, -0.2) is 9.97 Å². The molecule has 4 N–H and O–H groups in total. The van der Waals surface area contributed by atoms with Gasteiger partial charge in [0.15, 0.2) is 17.3 Å². The lowest BCUT2D eigenvalue weighted by Gasteiger charge is -2.36. The summed E-state index contributed by atoms with van der Waals surface area (Å²) in [5, 5.41) is 21.8. The Kier molecular flexibility index (Phi) is 4.16. The Labute approximate surface area is 111 Å². The molecule has 1 aliphatic carbocycles. The van der Waals surface area contributed by atoms with Crippen molar-refractivity contribution in [3.8, 4) is 0 Å². The van der Waals surface area contributed by atoms with Crippen molar-refractivity contribution >= 4 is 11.7 Å². The predicted molar refractivity (Wildman–Crippen MR) is 71.2 cm³/mol. The molecular weight excluding hydrogens is 246 g/mol. The minimum absolute atomic E-state index is 0.0179. The Morgan fingerprint density at radius 3 is 2.74 bits per heavy atom. The van der Waals surface area contributed by atoms with Crippen LogP contribution < -0.4 is 10.6 Å². The molecule has 0 aliphatic heterocycles. The van der Waals surface area contributed by atoms with Crippen LogP contribution in [0.5, 0.6) is 0 Å². The molecule has 1 aliphatic rings. The summed E-state index contributed by atoms with van der Waals surface area (Å²) < 4.78 is 0. The van der Waals surface area contributed by atoms with Crippen molar-refractivity contribution < 1.29 is 10.3 Å². The number of oxime groups is 1. The van der Waals surface area contributed by atoms with Crippen molar-refractivity contribution in [2.45, 2.75) is 37.8 Å². The molecule has 2 rings (SSSR count). The van der Waals surface area contributed by atoms with Crippen molar-refractivity contribution in [2.75, 3.05) is 11.9 Å². The van der Waals surface area contributed by atoms with E-state index in [0.29, 0.717) is 11.5 Å². The third-order valence-corrected chi connectivity index (χ3v) is 3.55. The second kappa shape index (κ2) is 5.83. The van der Waals surface area contributed by atoms with Crippen LogP contribution >= 0.6 is 0 Å². The normalized spacial score (nSPS) is 24.2. The fraction of sp³-hybridized carbons (Fsp3) is 0.583. The van der Waals surface area contributed by atoms with E-state index in [0.717, 1.165) is 25.7 Å². The lowest BCUT2D eigenvalue weighted by atomic mass is 9.91. The van der Waals surface area contributed by atoms with E-state index >= 15 is 0 Å². The minimum Gasteiger partial charge on any atom is -0.409 e. The molecule has 0 spiro atoms. The molecule has 0 radical (unpaired) electrons. The summed E-state index contributed by atoms with van der Waals surface area (Å²) in [6.07, 6.45) is 6.44. The van der Waals surface area contributed by atoms with E-state index in [1.54, 1.807) is 6.20 Å². The summed E-state index contributed by atoms with van der Waals surface area (Å²) in [6.45, 7) is 0. The second-order valence-electron chi connectivity index (χ2n) is 4.74. The third-order valence-electron chi connectivity index (χ3n) is 3.55. The number of nitrogens with zero attached hydrogens (tertiary/aromatic N) is 4. The monoisotopic (exact) mass is 265 g/mol. The van der Waals surface area contributed by atoms with Crippen molar-refractivity contribution in [1.82, 2.24) is 9.97 Å². The molecule has 1 saturated carbocycles. The molecule has 2 unspecified atom stereocenters. The number of likely N-dealkylation sites (N-methyl/N-ethyl adjacent to an activating group) is 1. The molecule has 7 nitrogen and oxygen atoms in total. The van der Waals surface area contributed by atoms with Crippen molar-refractivity contribution in [3.63, 3.8) is 0 Å². The molecule has 19 heavy (non-hydrogen) atoms. The number of aliphatic hydroxyl groups is 1. The van der Waals surface area contributed by atoms with Gasteiger partial charge in [-0.05, 0) is 12.8 Å². The first-order valence-corrected chi connectivity index (χ1v) is 6.35. The maximum atomic E-state index is 10.1. The first-order valence-electron chi connectivity index (χ1n) is 6.35. The van der Waals surface area contributed by atoms with E-state index < -0.39 is 0 Å². The van der Waals surface area contributed by atoms with Crippen LogP contribution in [-0.2, 0) is 0 Å². The van der Waals surface area contributed by atoms with Crippen LogP contribution in [0.25, 0.3) is 0 Å². The van der Waals surface area contributed by atoms with Gasteiger partial charge in [-0.2, -0.15) is 0 Å². The van der Waals surface area contributed by atoms with Gasteiger partial charge < -0.3 is 20.9 Å². The molecule has 1 aromatic rings. The number of aliphatic hydroxyl groups excluding tert-OH is 1. The summed E-state index contributed by atoms with van der Waals surface area (Å²) in [5.41, 5.74) is 5.93. The van der Waals surface area contributed by atoms with Crippen LogP contribution in [0, 0.1) is 0 Å². The molecular formula is C12H19N5O2. The standard InChI is InChI=1S/C12H19N5O2/c1-17(8-4-2-3-5-9(8)18)12-10(11(13)16-19)14-6-7-15-12/h6-9,18-19H,2-5H2,1H3,(H2,13,16). The quantitative estimate of drug-likeness (QED) is 0.314. The molecule has 0 amide bonds. The summed E-state index contributed by atoms with van der Waals surface area (Å²) in [7, 11) is 1.84. The Morgan fingerprint density at radius 2 is 2.05 bits per heavy atom. The molecule has 0 saturated heterocycles. The number of amidine groups is 1. The van der Waals surface area contributed by atoms with Crippen LogP contribution in [-0.4, -0.2) is 45.3 Å². The van der Waals surface area contributed by atoms with Crippen molar-refractivity contribution in [2.24, 2.45) is 10.9 Å². The highest BCUT2D eigenvalue weighted by Crippen LogP contribution is 2.26. The lowest BCUT2D eigenvalue weighted by Crippen LogP contribution is -2.44. The minimum atomic E-state index is -0.388. The van der Waals surface area contributed by atoms with Crippen LogP contribution in [0.3, 0.4) is 0 Å². The topological polar surface area (TPSA) is 108 Å². The van der Waals surface area contributed by atoms with E-state index in [1.165, 1.54) is 6.20 Å². The van der Waals surface area contributed by atoms with Gasteiger partial charge in [-0.15, -0.1) is 0 Å². The van der Waals surface area contributed by atoms with Crippen LogP contribution in [0.15, 0.2) is 17.5 Å². The summed E-state index contributed by atoms with van der Waals surface area (Å²) in [4.78, 5) is 10.2. The maximum Gasteiger partial charge on any atom is 0.192 e. The number of nitrogens with two attached hydrogens (primary N) is 1. The van der Waals surface area contributed by atoms with E-state index in [9.17, 15) is 5.11 Å². The molecule has 0 bridgehead atoms. The van der Waals surface area contributed by atoms with Gasteiger partial charge in [0.05, 0.1) is 12.1 Å².